The average Bonchev–Trinajstić information content (AvgIpc) is 2.48. The molecule has 0 heterocycles. The van der Waals surface area contributed by atoms with Gasteiger partial charge in [0.25, 0.3) is 0 Å². The van der Waals surface area contributed by atoms with Crippen molar-refractivity contribution in [3.05, 3.63) is 24.3 Å². The molecule has 0 fully saturated rings. The molecule has 0 saturated heterocycles. The third-order valence-electron chi connectivity index (χ3n) is 3.32. The topological polar surface area (TPSA) is 110 Å². The summed E-state index contributed by atoms with van der Waals surface area (Å²) in [6.07, 6.45) is 1.70. The van der Waals surface area contributed by atoms with Crippen molar-refractivity contribution in [1.29, 1.82) is 0 Å². The van der Waals surface area contributed by atoms with E-state index >= 15 is 0 Å². The third-order valence-corrected chi connectivity index (χ3v) is 4.45. The number of benzene rings is 1. The number of hydrogen-bond acceptors (Lipinski definition) is 5. The lowest BCUT2D eigenvalue weighted by Gasteiger charge is -2.17. The van der Waals surface area contributed by atoms with Crippen LogP contribution in [0.4, 0.5) is 0 Å². The minimum absolute atomic E-state index is 0.151. The van der Waals surface area contributed by atoms with Gasteiger partial charge in [-0.25, -0.2) is 13.2 Å². The molecular weight excluding hydrogens is 334 g/mol. The molecule has 24 heavy (non-hydrogen) atoms. The van der Waals surface area contributed by atoms with Crippen molar-refractivity contribution >= 4 is 21.7 Å². The fourth-order valence-electron chi connectivity index (χ4n) is 1.96. The lowest BCUT2D eigenvalue weighted by Crippen LogP contribution is -2.44. The van der Waals surface area contributed by atoms with E-state index in [2.05, 4.69) is 5.32 Å². The second kappa shape index (κ2) is 8.68. The Morgan fingerprint density at radius 3 is 2.25 bits per heavy atom. The van der Waals surface area contributed by atoms with E-state index in [1.54, 1.807) is 26.0 Å². The van der Waals surface area contributed by atoms with Gasteiger partial charge >= 0.3 is 5.97 Å². The Morgan fingerprint density at radius 1 is 1.21 bits per heavy atom. The van der Waals surface area contributed by atoms with E-state index in [-0.39, 0.29) is 29.7 Å². The number of amides is 1. The van der Waals surface area contributed by atoms with Crippen molar-refractivity contribution in [3.8, 4) is 5.75 Å². The summed E-state index contributed by atoms with van der Waals surface area (Å²) < 4.78 is 28.1. The highest BCUT2D eigenvalue weighted by atomic mass is 32.2. The maximum Gasteiger partial charge on any atom is 0.326 e. The third kappa shape index (κ3) is 6.57. The normalized spacial score (nSPS) is 12.7. The molecule has 2 N–H and O–H groups in total. The number of carboxylic acid groups (broad SMARTS) is 1. The fraction of sp³-hybridized carbons (Fsp3) is 0.500. The van der Waals surface area contributed by atoms with Gasteiger partial charge in [0.05, 0.1) is 11.5 Å². The highest BCUT2D eigenvalue weighted by Crippen LogP contribution is 2.16. The second-order valence-electron chi connectivity index (χ2n) is 5.82. The van der Waals surface area contributed by atoms with Gasteiger partial charge in [-0.15, -0.1) is 0 Å². The van der Waals surface area contributed by atoms with Gasteiger partial charge in [-0.3, -0.25) is 4.79 Å². The Hall–Kier alpha value is -2.09. The van der Waals surface area contributed by atoms with Crippen LogP contribution < -0.4 is 10.1 Å². The number of carboxylic acids is 1. The van der Waals surface area contributed by atoms with Gasteiger partial charge in [-0.05, 0) is 36.6 Å². The monoisotopic (exact) mass is 357 g/mol. The summed E-state index contributed by atoms with van der Waals surface area (Å²) in [4.78, 5) is 23.0. The number of hydrogen-bond donors (Lipinski definition) is 2. The van der Waals surface area contributed by atoms with Crippen molar-refractivity contribution in [2.45, 2.75) is 37.6 Å². The highest BCUT2D eigenvalue weighted by Gasteiger charge is 2.22. The summed E-state index contributed by atoms with van der Waals surface area (Å²) in [6, 6.07) is 5.11. The molecule has 1 rings (SSSR count). The minimum Gasteiger partial charge on any atom is -0.494 e. The molecule has 1 aromatic rings. The first-order valence-electron chi connectivity index (χ1n) is 7.56. The molecule has 1 unspecified atom stereocenters. The number of sulfone groups is 1. The van der Waals surface area contributed by atoms with E-state index in [0.29, 0.717) is 12.2 Å². The SMILES string of the molecule is CC(C)C(NC(=O)CCCOc1ccc(S(C)(=O)=O)cc1)C(=O)O. The maximum absolute atomic E-state index is 11.7. The maximum atomic E-state index is 11.7. The number of aliphatic carboxylic acids is 1. The molecule has 0 aliphatic carbocycles. The van der Waals surface area contributed by atoms with Crippen LogP contribution in [0.5, 0.6) is 5.75 Å². The molecule has 0 aliphatic rings. The van der Waals surface area contributed by atoms with Gasteiger partial charge in [0.1, 0.15) is 11.8 Å². The van der Waals surface area contributed by atoms with Crippen LogP contribution in [0.3, 0.4) is 0 Å². The summed E-state index contributed by atoms with van der Waals surface area (Å²) >= 11 is 0. The molecule has 0 saturated carbocycles. The lowest BCUT2D eigenvalue weighted by atomic mass is 10.0. The zero-order chi connectivity index (χ0) is 18.3. The van der Waals surface area contributed by atoms with Crippen molar-refractivity contribution in [2.75, 3.05) is 12.9 Å². The number of rotatable bonds is 9. The van der Waals surface area contributed by atoms with Gasteiger partial charge < -0.3 is 15.2 Å². The molecule has 134 valence electrons. The molecule has 1 aromatic carbocycles. The number of ether oxygens (including phenoxy) is 1. The molecule has 8 heteroatoms. The van der Waals surface area contributed by atoms with E-state index in [9.17, 15) is 18.0 Å². The van der Waals surface area contributed by atoms with Crippen LogP contribution in [0.2, 0.25) is 0 Å². The standard InChI is InChI=1S/C16H23NO6S/c1-11(2)15(16(19)20)17-14(18)5-4-10-23-12-6-8-13(9-7-12)24(3,21)22/h6-9,11,15H,4-5,10H2,1-3H3,(H,17,18)(H,19,20). The molecule has 1 amide bonds. The van der Waals surface area contributed by atoms with Crippen LogP contribution in [-0.4, -0.2) is 44.3 Å². The highest BCUT2D eigenvalue weighted by molar-refractivity contribution is 7.90. The number of carbonyl (C=O) groups excluding carboxylic acids is 1. The largest absolute Gasteiger partial charge is 0.494 e. The van der Waals surface area contributed by atoms with Gasteiger partial charge in [0, 0.05) is 12.7 Å². The average molecular weight is 357 g/mol. The van der Waals surface area contributed by atoms with Gasteiger partial charge in [0.2, 0.25) is 5.91 Å². The molecular formula is C16H23NO6S. The number of carbonyl (C=O) groups is 2. The first kappa shape index (κ1) is 20.0. The molecule has 7 nitrogen and oxygen atoms in total. The quantitative estimate of drug-likeness (QED) is 0.648. The van der Waals surface area contributed by atoms with Crippen molar-refractivity contribution in [1.82, 2.24) is 5.32 Å². The summed E-state index contributed by atoms with van der Waals surface area (Å²) in [7, 11) is -3.24. The molecule has 0 bridgehead atoms. The first-order chi connectivity index (χ1) is 11.1. The van der Waals surface area contributed by atoms with E-state index in [0.717, 1.165) is 6.26 Å². The van der Waals surface area contributed by atoms with Crippen LogP contribution in [0, 0.1) is 5.92 Å². The van der Waals surface area contributed by atoms with Gasteiger partial charge in [0.15, 0.2) is 9.84 Å². The molecule has 0 radical (unpaired) electrons. The van der Waals surface area contributed by atoms with E-state index in [1.807, 2.05) is 0 Å². The van der Waals surface area contributed by atoms with Crippen LogP contribution in [0.25, 0.3) is 0 Å². The van der Waals surface area contributed by atoms with Crippen LogP contribution in [0.15, 0.2) is 29.2 Å². The smallest absolute Gasteiger partial charge is 0.326 e. The summed E-state index contributed by atoms with van der Waals surface area (Å²) in [5, 5.41) is 11.5. The zero-order valence-corrected chi connectivity index (χ0v) is 14.8. The molecule has 0 spiro atoms. The van der Waals surface area contributed by atoms with Crippen LogP contribution in [-0.2, 0) is 19.4 Å². The first-order valence-corrected chi connectivity index (χ1v) is 9.45. The summed E-state index contributed by atoms with van der Waals surface area (Å²) in [5.74, 6) is -1.09. The molecule has 1 atom stereocenters. The molecule has 0 aromatic heterocycles. The number of nitrogens with one attached hydrogen (secondary N) is 1. The van der Waals surface area contributed by atoms with Crippen LogP contribution >= 0.6 is 0 Å². The fourth-order valence-corrected chi connectivity index (χ4v) is 2.60. The zero-order valence-electron chi connectivity index (χ0n) is 14.0. The molecule has 0 aliphatic heterocycles. The Bertz CT molecular complexity index is 666. The predicted molar refractivity (Wildman–Crippen MR) is 88.7 cm³/mol. The van der Waals surface area contributed by atoms with E-state index in [4.69, 9.17) is 9.84 Å². The van der Waals surface area contributed by atoms with Crippen molar-refractivity contribution in [2.24, 2.45) is 5.92 Å². The van der Waals surface area contributed by atoms with Gasteiger partial charge in [-0.1, -0.05) is 13.8 Å². The van der Waals surface area contributed by atoms with Crippen molar-refractivity contribution < 1.29 is 27.9 Å². The Kier molecular flexibility index (Phi) is 7.21. The Labute approximate surface area is 141 Å². The second-order valence-corrected chi connectivity index (χ2v) is 7.84. The van der Waals surface area contributed by atoms with E-state index in [1.165, 1.54) is 12.1 Å². The Balaban J connectivity index is 2.38. The Morgan fingerprint density at radius 2 is 1.79 bits per heavy atom. The minimum atomic E-state index is -3.24. The predicted octanol–water partition coefficient (Wildman–Crippen LogP) is 1.47. The van der Waals surface area contributed by atoms with Crippen molar-refractivity contribution in [3.63, 3.8) is 0 Å². The summed E-state index contributed by atoms with van der Waals surface area (Å²) in [5.41, 5.74) is 0. The lowest BCUT2D eigenvalue weighted by molar-refractivity contribution is -0.143. The van der Waals surface area contributed by atoms with Gasteiger partial charge in [-0.2, -0.15) is 0 Å². The van der Waals surface area contributed by atoms with Crippen LogP contribution in [0.1, 0.15) is 26.7 Å². The summed E-state index contributed by atoms with van der Waals surface area (Å²) in [6.45, 7) is 3.72. The van der Waals surface area contributed by atoms with E-state index < -0.39 is 21.8 Å².